The van der Waals surface area contributed by atoms with E-state index in [0.717, 1.165) is 24.9 Å². The minimum Gasteiger partial charge on any atom is -0.311 e. The standard InChI is InChI=1S/C18H26N2/c1-2-7-16-13-20(10-9-14(16)5-1)18-12-19-11-15-6-3-4-8-17(15)18/h3-4,6,8,14,16,18-19H,1-2,5,7,9-13H2. The highest BCUT2D eigenvalue weighted by molar-refractivity contribution is 5.32. The van der Waals surface area contributed by atoms with Gasteiger partial charge in [-0.1, -0.05) is 43.5 Å². The molecule has 1 aliphatic carbocycles. The number of rotatable bonds is 1. The summed E-state index contributed by atoms with van der Waals surface area (Å²) in [7, 11) is 0. The predicted octanol–water partition coefficient (Wildman–Crippen LogP) is 3.34. The van der Waals surface area contributed by atoms with Gasteiger partial charge in [-0.3, -0.25) is 4.90 Å². The molecule has 1 N–H and O–H groups in total. The normalized spacial score (nSPS) is 34.3. The fraction of sp³-hybridized carbons (Fsp3) is 0.667. The topological polar surface area (TPSA) is 15.3 Å². The summed E-state index contributed by atoms with van der Waals surface area (Å²) < 4.78 is 0. The fourth-order valence-corrected chi connectivity index (χ4v) is 4.71. The second kappa shape index (κ2) is 5.50. The summed E-state index contributed by atoms with van der Waals surface area (Å²) in [6.45, 7) is 4.83. The van der Waals surface area contributed by atoms with E-state index in [9.17, 15) is 0 Å². The van der Waals surface area contributed by atoms with Gasteiger partial charge in [0.1, 0.15) is 0 Å². The van der Waals surface area contributed by atoms with Crippen molar-refractivity contribution in [1.82, 2.24) is 10.2 Å². The van der Waals surface area contributed by atoms with Crippen molar-refractivity contribution in [2.24, 2.45) is 11.8 Å². The summed E-state index contributed by atoms with van der Waals surface area (Å²) >= 11 is 0. The maximum absolute atomic E-state index is 3.62. The van der Waals surface area contributed by atoms with Gasteiger partial charge < -0.3 is 5.32 Å². The van der Waals surface area contributed by atoms with Crippen LogP contribution in [0.1, 0.15) is 49.3 Å². The zero-order valence-corrected chi connectivity index (χ0v) is 12.4. The van der Waals surface area contributed by atoms with Crippen LogP contribution in [0.3, 0.4) is 0 Å². The van der Waals surface area contributed by atoms with Crippen LogP contribution in [-0.4, -0.2) is 24.5 Å². The van der Waals surface area contributed by atoms with Crippen LogP contribution in [0.15, 0.2) is 24.3 Å². The Morgan fingerprint density at radius 1 is 1.00 bits per heavy atom. The molecule has 3 unspecified atom stereocenters. The van der Waals surface area contributed by atoms with Crippen LogP contribution in [0.4, 0.5) is 0 Å². The van der Waals surface area contributed by atoms with Crippen LogP contribution < -0.4 is 5.32 Å². The molecule has 1 aromatic carbocycles. The van der Waals surface area contributed by atoms with Crippen molar-refractivity contribution in [3.63, 3.8) is 0 Å². The highest BCUT2D eigenvalue weighted by Crippen LogP contribution is 2.39. The molecule has 0 amide bonds. The summed E-state index contributed by atoms with van der Waals surface area (Å²) in [4.78, 5) is 2.78. The number of hydrogen-bond donors (Lipinski definition) is 1. The zero-order valence-electron chi connectivity index (χ0n) is 12.4. The number of nitrogens with zero attached hydrogens (tertiary/aromatic N) is 1. The lowest BCUT2D eigenvalue weighted by Crippen LogP contribution is -2.47. The lowest BCUT2D eigenvalue weighted by atomic mass is 9.74. The molecule has 2 nitrogen and oxygen atoms in total. The highest BCUT2D eigenvalue weighted by Gasteiger charge is 2.35. The molecule has 0 radical (unpaired) electrons. The Morgan fingerprint density at radius 2 is 1.85 bits per heavy atom. The minimum absolute atomic E-state index is 0.614. The summed E-state index contributed by atoms with van der Waals surface area (Å²) in [5.41, 5.74) is 3.09. The van der Waals surface area contributed by atoms with Gasteiger partial charge in [-0.25, -0.2) is 0 Å². The first kappa shape index (κ1) is 12.8. The van der Waals surface area contributed by atoms with E-state index in [4.69, 9.17) is 0 Å². The molecule has 3 atom stereocenters. The van der Waals surface area contributed by atoms with E-state index in [0.29, 0.717) is 6.04 Å². The lowest BCUT2D eigenvalue weighted by molar-refractivity contribution is 0.0536. The molecule has 2 aliphatic heterocycles. The molecule has 20 heavy (non-hydrogen) atoms. The van der Waals surface area contributed by atoms with Crippen molar-refractivity contribution in [2.45, 2.75) is 44.7 Å². The van der Waals surface area contributed by atoms with Crippen LogP contribution in [0.5, 0.6) is 0 Å². The Bertz CT molecular complexity index is 470. The molecule has 3 aliphatic rings. The van der Waals surface area contributed by atoms with Gasteiger partial charge in [-0.2, -0.15) is 0 Å². The average Bonchev–Trinajstić information content (AvgIpc) is 2.54. The fourth-order valence-electron chi connectivity index (χ4n) is 4.71. The van der Waals surface area contributed by atoms with Crippen molar-refractivity contribution in [2.75, 3.05) is 19.6 Å². The molecule has 0 aromatic heterocycles. The van der Waals surface area contributed by atoms with Gasteiger partial charge in [0.05, 0.1) is 0 Å². The van der Waals surface area contributed by atoms with E-state index in [2.05, 4.69) is 34.5 Å². The van der Waals surface area contributed by atoms with Gasteiger partial charge in [-0.15, -0.1) is 0 Å². The van der Waals surface area contributed by atoms with Crippen LogP contribution in [0.2, 0.25) is 0 Å². The first-order valence-electron chi connectivity index (χ1n) is 8.44. The number of likely N-dealkylation sites (tertiary alicyclic amines) is 1. The van der Waals surface area contributed by atoms with Gasteiger partial charge in [0.2, 0.25) is 0 Å². The van der Waals surface area contributed by atoms with Gasteiger partial charge in [0.15, 0.2) is 0 Å². The third-order valence-corrected chi connectivity index (χ3v) is 5.83. The summed E-state index contributed by atoms with van der Waals surface area (Å²) in [6.07, 6.45) is 7.35. The predicted molar refractivity (Wildman–Crippen MR) is 82.5 cm³/mol. The lowest BCUT2D eigenvalue weighted by Gasteiger charge is -2.45. The van der Waals surface area contributed by atoms with E-state index in [1.807, 2.05) is 0 Å². The first-order chi connectivity index (χ1) is 9.92. The van der Waals surface area contributed by atoms with Crippen molar-refractivity contribution in [3.05, 3.63) is 35.4 Å². The summed E-state index contributed by atoms with van der Waals surface area (Å²) in [5.74, 6) is 2.01. The maximum atomic E-state index is 3.62. The average molecular weight is 270 g/mol. The molecular weight excluding hydrogens is 244 g/mol. The van der Waals surface area contributed by atoms with E-state index in [1.54, 1.807) is 5.56 Å². The molecule has 1 saturated carbocycles. The van der Waals surface area contributed by atoms with Crippen LogP contribution in [0, 0.1) is 11.8 Å². The zero-order chi connectivity index (χ0) is 13.4. The Hall–Kier alpha value is -0.860. The monoisotopic (exact) mass is 270 g/mol. The smallest absolute Gasteiger partial charge is 0.0476 e. The molecule has 1 aromatic rings. The van der Waals surface area contributed by atoms with Gasteiger partial charge >= 0.3 is 0 Å². The number of nitrogens with one attached hydrogen (secondary N) is 1. The van der Waals surface area contributed by atoms with E-state index >= 15 is 0 Å². The number of hydrogen-bond acceptors (Lipinski definition) is 2. The molecule has 2 heteroatoms. The number of piperidine rings is 1. The van der Waals surface area contributed by atoms with Gasteiger partial charge in [0, 0.05) is 25.7 Å². The Morgan fingerprint density at radius 3 is 2.80 bits per heavy atom. The minimum atomic E-state index is 0.614. The Labute approximate surface area is 122 Å². The number of benzene rings is 1. The molecule has 1 saturated heterocycles. The molecule has 0 bridgehead atoms. The second-order valence-corrected chi connectivity index (χ2v) is 6.93. The second-order valence-electron chi connectivity index (χ2n) is 6.93. The van der Waals surface area contributed by atoms with E-state index < -0.39 is 0 Å². The largest absolute Gasteiger partial charge is 0.311 e. The third kappa shape index (κ3) is 2.29. The first-order valence-corrected chi connectivity index (χ1v) is 8.44. The Kier molecular flexibility index (Phi) is 3.53. The van der Waals surface area contributed by atoms with Crippen molar-refractivity contribution in [3.8, 4) is 0 Å². The van der Waals surface area contributed by atoms with E-state index in [1.165, 1.54) is 50.8 Å². The van der Waals surface area contributed by atoms with Gasteiger partial charge in [0.25, 0.3) is 0 Å². The summed E-state index contributed by atoms with van der Waals surface area (Å²) in [6, 6.07) is 9.65. The molecule has 2 heterocycles. The van der Waals surface area contributed by atoms with Crippen LogP contribution in [-0.2, 0) is 6.54 Å². The van der Waals surface area contributed by atoms with Crippen molar-refractivity contribution >= 4 is 0 Å². The summed E-state index contributed by atoms with van der Waals surface area (Å²) in [5, 5.41) is 3.62. The molecule has 4 rings (SSSR count). The van der Waals surface area contributed by atoms with Crippen molar-refractivity contribution in [1.29, 1.82) is 0 Å². The Balaban J connectivity index is 1.54. The molecule has 108 valence electrons. The van der Waals surface area contributed by atoms with Crippen LogP contribution in [0.25, 0.3) is 0 Å². The SMILES string of the molecule is c1ccc2c(c1)CNCC2N1CCC2CCCCC2C1. The van der Waals surface area contributed by atoms with Crippen LogP contribution >= 0.6 is 0 Å². The third-order valence-electron chi connectivity index (χ3n) is 5.83. The number of fused-ring (bicyclic) bond motifs is 2. The highest BCUT2D eigenvalue weighted by atomic mass is 15.2. The van der Waals surface area contributed by atoms with Crippen molar-refractivity contribution < 1.29 is 0 Å². The molecule has 0 spiro atoms. The maximum Gasteiger partial charge on any atom is 0.0476 e. The molecular formula is C18H26N2. The van der Waals surface area contributed by atoms with E-state index in [-0.39, 0.29) is 0 Å². The molecule has 2 fully saturated rings. The quantitative estimate of drug-likeness (QED) is 0.842. The van der Waals surface area contributed by atoms with Gasteiger partial charge in [-0.05, 0) is 42.3 Å².